The average Bonchev–Trinajstić information content (AvgIpc) is 2.66. The third-order valence-corrected chi connectivity index (χ3v) is 5.17. The van der Waals surface area contributed by atoms with Crippen LogP contribution in [0.3, 0.4) is 0 Å². The molecule has 0 rings (SSSR count). The SMILES string of the molecule is CCCCCCCCC=CCCCCCCC(CCOCCCC)C(=O)O. The Morgan fingerprint density at radius 2 is 1.30 bits per heavy atom. The molecule has 0 fully saturated rings. The summed E-state index contributed by atoms with van der Waals surface area (Å²) in [6, 6.07) is 0. The smallest absolute Gasteiger partial charge is 0.306 e. The van der Waals surface area contributed by atoms with Crippen LogP contribution >= 0.6 is 0 Å². The Morgan fingerprint density at radius 1 is 0.741 bits per heavy atom. The first-order valence-electron chi connectivity index (χ1n) is 11.7. The van der Waals surface area contributed by atoms with Crippen LogP contribution in [0.1, 0.15) is 117 Å². The zero-order valence-corrected chi connectivity index (χ0v) is 18.2. The quantitative estimate of drug-likeness (QED) is 0.165. The van der Waals surface area contributed by atoms with Crippen LogP contribution in [0, 0.1) is 5.92 Å². The summed E-state index contributed by atoms with van der Waals surface area (Å²) in [4.78, 5) is 11.3. The standard InChI is InChI=1S/C24H46O3/c1-3-5-7-8-9-10-11-12-13-14-15-16-17-18-19-23(24(25)26)20-22-27-21-6-4-2/h12-13,23H,3-11,14-22H2,1-2H3,(H,25,26). The first-order chi connectivity index (χ1) is 13.2. The van der Waals surface area contributed by atoms with Gasteiger partial charge in [-0.15, -0.1) is 0 Å². The fourth-order valence-corrected chi connectivity index (χ4v) is 3.25. The summed E-state index contributed by atoms with van der Waals surface area (Å²) in [7, 11) is 0. The Balaban J connectivity index is 3.46. The number of hydrogen-bond acceptors (Lipinski definition) is 2. The number of unbranched alkanes of at least 4 members (excludes halogenated alkanes) is 11. The van der Waals surface area contributed by atoms with E-state index in [0.717, 1.165) is 38.7 Å². The summed E-state index contributed by atoms with van der Waals surface area (Å²) < 4.78 is 5.51. The van der Waals surface area contributed by atoms with Crippen molar-refractivity contribution in [1.82, 2.24) is 0 Å². The second-order valence-corrected chi connectivity index (χ2v) is 7.81. The Morgan fingerprint density at radius 3 is 1.89 bits per heavy atom. The minimum Gasteiger partial charge on any atom is -0.481 e. The maximum Gasteiger partial charge on any atom is 0.306 e. The molecule has 0 saturated heterocycles. The van der Waals surface area contributed by atoms with Gasteiger partial charge in [0.25, 0.3) is 0 Å². The number of aliphatic carboxylic acids is 1. The molecule has 0 aromatic carbocycles. The van der Waals surface area contributed by atoms with E-state index in [1.807, 2.05) is 0 Å². The molecule has 0 spiro atoms. The third-order valence-electron chi connectivity index (χ3n) is 5.17. The molecule has 0 aliphatic heterocycles. The van der Waals surface area contributed by atoms with E-state index in [0.29, 0.717) is 13.0 Å². The second-order valence-electron chi connectivity index (χ2n) is 7.81. The first kappa shape index (κ1) is 26.2. The van der Waals surface area contributed by atoms with E-state index in [9.17, 15) is 9.90 Å². The van der Waals surface area contributed by atoms with E-state index >= 15 is 0 Å². The molecule has 3 heteroatoms. The molecule has 0 amide bonds. The predicted molar refractivity (Wildman–Crippen MR) is 116 cm³/mol. The summed E-state index contributed by atoms with van der Waals surface area (Å²) in [5, 5.41) is 9.32. The Labute approximate surface area is 169 Å². The highest BCUT2D eigenvalue weighted by Gasteiger charge is 2.16. The molecule has 0 aromatic rings. The lowest BCUT2D eigenvalue weighted by Crippen LogP contribution is -2.16. The van der Waals surface area contributed by atoms with Gasteiger partial charge in [0.15, 0.2) is 0 Å². The molecule has 0 saturated carbocycles. The number of carboxylic acid groups (broad SMARTS) is 1. The van der Waals surface area contributed by atoms with Crippen LogP contribution in [0.5, 0.6) is 0 Å². The molecule has 1 N–H and O–H groups in total. The minimum atomic E-state index is -0.660. The number of rotatable bonds is 21. The monoisotopic (exact) mass is 382 g/mol. The predicted octanol–water partition coefficient (Wildman–Crippen LogP) is 7.54. The zero-order chi connectivity index (χ0) is 20.0. The summed E-state index contributed by atoms with van der Waals surface area (Å²) in [5.41, 5.74) is 0. The third kappa shape index (κ3) is 19.7. The fraction of sp³-hybridized carbons (Fsp3) is 0.875. The van der Waals surface area contributed by atoms with Crippen molar-refractivity contribution in [2.45, 2.75) is 117 Å². The molecular formula is C24H46O3. The summed E-state index contributed by atoms with van der Waals surface area (Å²) in [5.74, 6) is -0.893. The molecule has 3 nitrogen and oxygen atoms in total. The molecule has 0 bridgehead atoms. The van der Waals surface area contributed by atoms with Gasteiger partial charge >= 0.3 is 5.97 Å². The maximum absolute atomic E-state index is 11.3. The fourth-order valence-electron chi connectivity index (χ4n) is 3.25. The summed E-state index contributed by atoms with van der Waals surface area (Å²) >= 11 is 0. The lowest BCUT2D eigenvalue weighted by atomic mass is 9.97. The van der Waals surface area contributed by atoms with Crippen molar-refractivity contribution in [3.8, 4) is 0 Å². The molecule has 0 aliphatic rings. The first-order valence-corrected chi connectivity index (χ1v) is 11.7. The number of ether oxygens (including phenoxy) is 1. The Bertz CT molecular complexity index is 339. The van der Waals surface area contributed by atoms with Crippen LogP contribution in [0.2, 0.25) is 0 Å². The second kappa shape index (κ2) is 21.5. The highest BCUT2D eigenvalue weighted by molar-refractivity contribution is 5.69. The van der Waals surface area contributed by atoms with E-state index in [2.05, 4.69) is 26.0 Å². The number of allylic oxidation sites excluding steroid dienone is 2. The largest absolute Gasteiger partial charge is 0.481 e. The van der Waals surface area contributed by atoms with Crippen molar-refractivity contribution in [3.05, 3.63) is 12.2 Å². The molecule has 27 heavy (non-hydrogen) atoms. The van der Waals surface area contributed by atoms with Crippen LogP contribution in [0.4, 0.5) is 0 Å². The van der Waals surface area contributed by atoms with Gasteiger partial charge in [-0.3, -0.25) is 4.79 Å². The van der Waals surface area contributed by atoms with Gasteiger partial charge in [-0.1, -0.05) is 83.8 Å². The van der Waals surface area contributed by atoms with Gasteiger partial charge in [0.2, 0.25) is 0 Å². The van der Waals surface area contributed by atoms with Crippen LogP contribution in [0.15, 0.2) is 12.2 Å². The Hall–Kier alpha value is -0.830. The highest BCUT2D eigenvalue weighted by Crippen LogP contribution is 2.16. The molecule has 0 aliphatic carbocycles. The molecule has 0 radical (unpaired) electrons. The molecule has 160 valence electrons. The molecule has 1 unspecified atom stereocenters. The Kier molecular flexibility index (Phi) is 20.8. The van der Waals surface area contributed by atoms with E-state index in [4.69, 9.17) is 4.74 Å². The van der Waals surface area contributed by atoms with E-state index in [-0.39, 0.29) is 5.92 Å². The van der Waals surface area contributed by atoms with Crippen molar-refractivity contribution < 1.29 is 14.6 Å². The van der Waals surface area contributed by atoms with Crippen molar-refractivity contribution >= 4 is 5.97 Å². The summed E-state index contributed by atoms with van der Waals surface area (Å²) in [6.07, 6.45) is 23.5. The molecule has 0 heterocycles. The van der Waals surface area contributed by atoms with Gasteiger partial charge < -0.3 is 9.84 Å². The number of hydrogen-bond donors (Lipinski definition) is 1. The summed E-state index contributed by atoms with van der Waals surface area (Å²) in [6.45, 7) is 5.74. The van der Waals surface area contributed by atoms with Gasteiger partial charge in [-0.2, -0.15) is 0 Å². The van der Waals surface area contributed by atoms with Gasteiger partial charge in [0.1, 0.15) is 0 Å². The van der Waals surface area contributed by atoms with Crippen LogP contribution in [-0.2, 0) is 9.53 Å². The minimum absolute atomic E-state index is 0.233. The van der Waals surface area contributed by atoms with Crippen molar-refractivity contribution in [1.29, 1.82) is 0 Å². The topological polar surface area (TPSA) is 46.5 Å². The lowest BCUT2D eigenvalue weighted by Gasteiger charge is -2.12. The van der Waals surface area contributed by atoms with E-state index in [1.54, 1.807) is 0 Å². The van der Waals surface area contributed by atoms with Gasteiger partial charge in [0, 0.05) is 13.2 Å². The molecular weight excluding hydrogens is 336 g/mol. The highest BCUT2D eigenvalue weighted by atomic mass is 16.5. The van der Waals surface area contributed by atoms with Crippen LogP contribution < -0.4 is 0 Å². The molecule has 1 atom stereocenters. The van der Waals surface area contributed by atoms with E-state index < -0.39 is 5.97 Å². The average molecular weight is 383 g/mol. The molecule has 0 aromatic heterocycles. The van der Waals surface area contributed by atoms with Crippen molar-refractivity contribution in [2.75, 3.05) is 13.2 Å². The number of carboxylic acids is 1. The maximum atomic E-state index is 11.3. The van der Waals surface area contributed by atoms with Crippen molar-refractivity contribution in [3.63, 3.8) is 0 Å². The van der Waals surface area contributed by atoms with Gasteiger partial charge in [-0.25, -0.2) is 0 Å². The normalized spacial score (nSPS) is 12.7. The van der Waals surface area contributed by atoms with Crippen molar-refractivity contribution in [2.24, 2.45) is 5.92 Å². The van der Waals surface area contributed by atoms with Gasteiger partial charge in [0.05, 0.1) is 5.92 Å². The van der Waals surface area contributed by atoms with Crippen LogP contribution in [0.25, 0.3) is 0 Å². The lowest BCUT2D eigenvalue weighted by molar-refractivity contribution is -0.142. The zero-order valence-electron chi connectivity index (χ0n) is 18.2. The van der Waals surface area contributed by atoms with E-state index in [1.165, 1.54) is 64.2 Å². The van der Waals surface area contributed by atoms with Crippen LogP contribution in [-0.4, -0.2) is 24.3 Å². The van der Waals surface area contributed by atoms with Gasteiger partial charge in [-0.05, 0) is 44.9 Å². The number of carbonyl (C=O) groups is 1.